The van der Waals surface area contributed by atoms with E-state index in [2.05, 4.69) is 47.2 Å². The first kappa shape index (κ1) is 14.5. The summed E-state index contributed by atoms with van der Waals surface area (Å²) >= 11 is 1.91. The minimum Gasteiger partial charge on any atom is -0.363 e. The zero-order valence-corrected chi connectivity index (χ0v) is 13.8. The monoisotopic (exact) mass is 301 g/mol. The fourth-order valence-electron chi connectivity index (χ4n) is 3.30. The highest BCUT2D eigenvalue weighted by molar-refractivity contribution is 7.12. The van der Waals surface area contributed by atoms with Gasteiger partial charge in [0.1, 0.15) is 0 Å². The second-order valence-corrected chi connectivity index (χ2v) is 7.15. The van der Waals surface area contributed by atoms with Gasteiger partial charge in [-0.25, -0.2) is 0 Å². The smallest absolute Gasteiger partial charge is 0.0654 e. The molecule has 21 heavy (non-hydrogen) atoms. The van der Waals surface area contributed by atoms with Crippen LogP contribution in [0.15, 0.2) is 24.4 Å². The average Bonchev–Trinajstić information content (AvgIpc) is 3.04. The van der Waals surface area contributed by atoms with Gasteiger partial charge in [-0.05, 0) is 57.6 Å². The van der Waals surface area contributed by atoms with Crippen molar-refractivity contribution in [3.63, 3.8) is 0 Å². The number of thiophene rings is 1. The Balaban J connectivity index is 1.95. The number of fused-ring (bicyclic) bond motifs is 1. The summed E-state index contributed by atoms with van der Waals surface area (Å²) in [5, 5.41) is 3.30. The van der Waals surface area contributed by atoms with Crippen molar-refractivity contribution >= 4 is 17.0 Å². The predicted molar refractivity (Wildman–Crippen MR) is 90.4 cm³/mol. The Morgan fingerprint density at radius 3 is 3.00 bits per heavy atom. The first-order valence-electron chi connectivity index (χ1n) is 7.62. The Kier molecular flexibility index (Phi) is 4.27. The highest BCUT2D eigenvalue weighted by Gasteiger charge is 2.29. The zero-order chi connectivity index (χ0) is 14.8. The highest BCUT2D eigenvalue weighted by Crippen LogP contribution is 2.38. The first-order valence-corrected chi connectivity index (χ1v) is 8.44. The van der Waals surface area contributed by atoms with Gasteiger partial charge in [0, 0.05) is 28.9 Å². The quantitative estimate of drug-likeness (QED) is 0.916. The highest BCUT2D eigenvalue weighted by atomic mass is 32.1. The molecule has 3 heterocycles. The summed E-state index contributed by atoms with van der Waals surface area (Å²) in [5.41, 5.74) is 4.06. The first-order chi connectivity index (χ1) is 10.2. The molecule has 0 radical (unpaired) electrons. The van der Waals surface area contributed by atoms with E-state index < -0.39 is 0 Å². The lowest BCUT2D eigenvalue weighted by Crippen LogP contribution is -2.29. The molecule has 0 amide bonds. The van der Waals surface area contributed by atoms with Crippen molar-refractivity contribution in [2.45, 2.75) is 32.7 Å². The average molecular weight is 301 g/mol. The molecule has 3 nitrogen and oxygen atoms in total. The summed E-state index contributed by atoms with van der Waals surface area (Å²) in [6.07, 6.45) is 4.10. The Labute approximate surface area is 131 Å². The summed E-state index contributed by atoms with van der Waals surface area (Å²) in [7, 11) is 2.03. The van der Waals surface area contributed by atoms with Gasteiger partial charge in [0.05, 0.1) is 17.4 Å². The topological polar surface area (TPSA) is 28.2 Å². The van der Waals surface area contributed by atoms with Crippen LogP contribution in [0.5, 0.6) is 0 Å². The van der Waals surface area contributed by atoms with Crippen molar-refractivity contribution < 1.29 is 0 Å². The van der Waals surface area contributed by atoms with Gasteiger partial charge in [-0.2, -0.15) is 0 Å². The maximum absolute atomic E-state index is 4.54. The second kappa shape index (κ2) is 6.16. The standard InChI is InChI=1S/C17H23N3S/c1-12-11-14(13(2)21-12)16(6-9-18-3)20-10-7-15-17(20)5-4-8-19-15/h4-5,8,11,16,18H,6-7,9-10H2,1-3H3/t16-/m0/s1. The number of anilines is 1. The van der Waals surface area contributed by atoms with E-state index in [0.29, 0.717) is 6.04 Å². The van der Waals surface area contributed by atoms with E-state index in [1.807, 2.05) is 24.6 Å². The van der Waals surface area contributed by atoms with Crippen LogP contribution in [0.25, 0.3) is 0 Å². The number of aromatic nitrogens is 1. The number of nitrogens with one attached hydrogen (secondary N) is 1. The molecular weight excluding hydrogens is 278 g/mol. The number of hydrogen-bond donors (Lipinski definition) is 1. The zero-order valence-electron chi connectivity index (χ0n) is 13.0. The van der Waals surface area contributed by atoms with Crippen molar-refractivity contribution in [1.29, 1.82) is 0 Å². The van der Waals surface area contributed by atoms with Crippen LogP contribution < -0.4 is 10.2 Å². The van der Waals surface area contributed by atoms with Gasteiger partial charge in [-0.3, -0.25) is 4.98 Å². The Hall–Kier alpha value is -1.39. The molecule has 0 fully saturated rings. The normalized spacial score (nSPS) is 15.3. The van der Waals surface area contributed by atoms with E-state index in [-0.39, 0.29) is 0 Å². The molecule has 1 aliphatic rings. The molecule has 0 aliphatic carbocycles. The number of rotatable bonds is 5. The molecule has 1 N–H and O–H groups in total. The third-order valence-electron chi connectivity index (χ3n) is 4.25. The molecule has 112 valence electrons. The Morgan fingerprint density at radius 1 is 1.43 bits per heavy atom. The van der Waals surface area contributed by atoms with E-state index >= 15 is 0 Å². The maximum Gasteiger partial charge on any atom is 0.0654 e. The number of aryl methyl sites for hydroxylation is 2. The molecule has 2 aromatic heterocycles. The van der Waals surface area contributed by atoms with Gasteiger partial charge in [-0.15, -0.1) is 11.3 Å². The second-order valence-electron chi connectivity index (χ2n) is 5.69. The van der Waals surface area contributed by atoms with Crippen LogP contribution in [0, 0.1) is 13.8 Å². The molecule has 2 aromatic rings. The predicted octanol–water partition coefficient (Wildman–Crippen LogP) is 3.47. The number of nitrogens with zero attached hydrogens (tertiary/aromatic N) is 2. The molecule has 0 unspecified atom stereocenters. The van der Waals surface area contributed by atoms with Crippen LogP contribution in [0.3, 0.4) is 0 Å². The van der Waals surface area contributed by atoms with Gasteiger partial charge in [0.15, 0.2) is 0 Å². The van der Waals surface area contributed by atoms with Gasteiger partial charge in [-0.1, -0.05) is 0 Å². The third kappa shape index (κ3) is 2.83. The lowest BCUT2D eigenvalue weighted by molar-refractivity contribution is 0.568. The van der Waals surface area contributed by atoms with Gasteiger partial charge < -0.3 is 10.2 Å². The molecule has 0 saturated heterocycles. The van der Waals surface area contributed by atoms with Crippen LogP contribution in [-0.2, 0) is 6.42 Å². The molecule has 0 bridgehead atoms. The van der Waals surface area contributed by atoms with Crippen LogP contribution in [0.1, 0.15) is 33.5 Å². The van der Waals surface area contributed by atoms with Crippen LogP contribution in [0.2, 0.25) is 0 Å². The Morgan fingerprint density at radius 2 is 2.29 bits per heavy atom. The molecule has 4 heteroatoms. The molecule has 1 aliphatic heterocycles. The largest absolute Gasteiger partial charge is 0.363 e. The van der Waals surface area contributed by atoms with E-state index in [0.717, 1.165) is 25.9 Å². The molecule has 3 rings (SSSR count). The third-order valence-corrected chi connectivity index (χ3v) is 5.23. The summed E-state index contributed by atoms with van der Waals surface area (Å²) < 4.78 is 0. The lowest BCUT2D eigenvalue weighted by Gasteiger charge is -2.30. The molecule has 0 aromatic carbocycles. The van der Waals surface area contributed by atoms with Crippen molar-refractivity contribution in [2.24, 2.45) is 0 Å². The summed E-state index contributed by atoms with van der Waals surface area (Å²) in [4.78, 5) is 9.94. The van der Waals surface area contributed by atoms with Crippen LogP contribution in [-0.4, -0.2) is 25.1 Å². The van der Waals surface area contributed by atoms with Crippen LogP contribution in [0.4, 0.5) is 5.69 Å². The molecule has 0 saturated carbocycles. The van der Waals surface area contributed by atoms with Crippen molar-refractivity contribution in [3.05, 3.63) is 45.4 Å². The number of pyridine rings is 1. The summed E-state index contributed by atoms with van der Waals surface area (Å²) in [6.45, 7) is 6.57. The molecular formula is C17H23N3S. The summed E-state index contributed by atoms with van der Waals surface area (Å²) in [5.74, 6) is 0. The van der Waals surface area contributed by atoms with E-state index in [4.69, 9.17) is 0 Å². The van der Waals surface area contributed by atoms with Gasteiger partial charge in [0.25, 0.3) is 0 Å². The maximum atomic E-state index is 4.54. The fourth-order valence-corrected chi connectivity index (χ4v) is 4.28. The Bertz CT molecular complexity index is 620. The van der Waals surface area contributed by atoms with Crippen molar-refractivity contribution in [3.8, 4) is 0 Å². The SMILES string of the molecule is CNCC[C@@H](c1cc(C)sc1C)N1CCc2ncccc21. The minimum atomic E-state index is 0.452. The van der Waals surface area contributed by atoms with Crippen molar-refractivity contribution in [1.82, 2.24) is 10.3 Å². The molecule has 1 atom stereocenters. The molecule has 0 spiro atoms. The fraction of sp³-hybridized carbons (Fsp3) is 0.471. The van der Waals surface area contributed by atoms with E-state index in [1.165, 1.54) is 26.7 Å². The lowest BCUT2D eigenvalue weighted by atomic mass is 10.0. The minimum absolute atomic E-state index is 0.452. The van der Waals surface area contributed by atoms with Gasteiger partial charge in [0.2, 0.25) is 0 Å². The van der Waals surface area contributed by atoms with Crippen molar-refractivity contribution in [2.75, 3.05) is 25.0 Å². The van der Waals surface area contributed by atoms with Crippen LogP contribution >= 0.6 is 11.3 Å². The van der Waals surface area contributed by atoms with E-state index in [9.17, 15) is 0 Å². The number of hydrogen-bond acceptors (Lipinski definition) is 4. The van der Waals surface area contributed by atoms with E-state index in [1.54, 1.807) is 0 Å². The summed E-state index contributed by atoms with van der Waals surface area (Å²) in [6, 6.07) is 7.09. The van der Waals surface area contributed by atoms with Gasteiger partial charge >= 0.3 is 0 Å².